The van der Waals surface area contributed by atoms with Crippen molar-refractivity contribution in [3.05, 3.63) is 29.8 Å². The van der Waals surface area contributed by atoms with Crippen molar-refractivity contribution in [1.29, 1.82) is 0 Å². The molecule has 0 aromatic heterocycles. The number of thioether (sulfide) groups is 1. The van der Waals surface area contributed by atoms with Crippen molar-refractivity contribution in [2.24, 2.45) is 0 Å². The van der Waals surface area contributed by atoms with E-state index in [1.54, 1.807) is 7.11 Å². The molecule has 0 unspecified atom stereocenters. The van der Waals surface area contributed by atoms with E-state index in [1.807, 2.05) is 23.9 Å². The van der Waals surface area contributed by atoms with E-state index in [9.17, 15) is 0 Å². The van der Waals surface area contributed by atoms with Crippen LogP contribution in [0.4, 0.5) is 0 Å². The van der Waals surface area contributed by atoms with Crippen molar-refractivity contribution >= 4 is 11.8 Å². The summed E-state index contributed by atoms with van der Waals surface area (Å²) in [7, 11) is 1.74. The zero-order valence-corrected chi connectivity index (χ0v) is 9.85. The van der Waals surface area contributed by atoms with E-state index < -0.39 is 0 Å². The van der Waals surface area contributed by atoms with Gasteiger partial charge in [0.25, 0.3) is 0 Å². The maximum absolute atomic E-state index is 5.33. The highest BCUT2D eigenvalue weighted by atomic mass is 32.2. The number of para-hydroxylation sites is 1. The van der Waals surface area contributed by atoms with Crippen LogP contribution in [-0.2, 0) is 6.42 Å². The average molecular weight is 223 g/mol. The number of hydrogen-bond acceptors (Lipinski definition) is 3. The molecule has 0 bridgehead atoms. The monoisotopic (exact) mass is 223 g/mol. The van der Waals surface area contributed by atoms with E-state index in [2.05, 4.69) is 17.4 Å². The quantitative estimate of drug-likeness (QED) is 0.846. The Morgan fingerprint density at radius 1 is 1.47 bits per heavy atom. The van der Waals surface area contributed by atoms with E-state index in [4.69, 9.17) is 4.74 Å². The second kappa shape index (κ2) is 5.42. The summed E-state index contributed by atoms with van der Waals surface area (Å²) >= 11 is 2.02. The van der Waals surface area contributed by atoms with Crippen LogP contribution in [0.1, 0.15) is 12.0 Å². The predicted octanol–water partition coefficient (Wildman–Crippen LogP) is 2.29. The van der Waals surface area contributed by atoms with Gasteiger partial charge in [0.2, 0.25) is 0 Å². The molecule has 1 aromatic carbocycles. The van der Waals surface area contributed by atoms with Crippen molar-refractivity contribution in [3.8, 4) is 5.75 Å². The number of benzene rings is 1. The number of rotatable bonds is 4. The molecule has 82 valence electrons. The minimum atomic E-state index is 0.634. The molecule has 1 aliphatic heterocycles. The summed E-state index contributed by atoms with van der Waals surface area (Å²) < 4.78 is 5.33. The third kappa shape index (κ3) is 2.89. The minimum Gasteiger partial charge on any atom is -0.496 e. The van der Waals surface area contributed by atoms with Crippen molar-refractivity contribution < 1.29 is 4.74 Å². The summed E-state index contributed by atoms with van der Waals surface area (Å²) in [6.07, 6.45) is 2.28. The van der Waals surface area contributed by atoms with Gasteiger partial charge in [-0.3, -0.25) is 0 Å². The summed E-state index contributed by atoms with van der Waals surface area (Å²) in [5, 5.41) is 4.12. The number of ether oxygens (including phenoxy) is 1. The Hall–Kier alpha value is -0.670. The van der Waals surface area contributed by atoms with Crippen LogP contribution in [0.15, 0.2) is 24.3 Å². The fourth-order valence-electron chi connectivity index (χ4n) is 1.86. The number of aryl methyl sites for hydroxylation is 1. The van der Waals surface area contributed by atoms with Crippen molar-refractivity contribution in [2.75, 3.05) is 19.4 Å². The van der Waals surface area contributed by atoms with Gasteiger partial charge in [0, 0.05) is 12.3 Å². The first-order chi connectivity index (χ1) is 7.40. The summed E-state index contributed by atoms with van der Waals surface area (Å²) in [5.74, 6) is 2.26. The molecule has 1 saturated heterocycles. The van der Waals surface area contributed by atoms with Crippen LogP contribution in [0.3, 0.4) is 0 Å². The lowest BCUT2D eigenvalue weighted by Gasteiger charge is -2.11. The molecule has 15 heavy (non-hydrogen) atoms. The van der Waals surface area contributed by atoms with E-state index in [0.29, 0.717) is 5.37 Å². The molecule has 1 fully saturated rings. The third-order valence-electron chi connectivity index (χ3n) is 2.66. The van der Waals surface area contributed by atoms with Crippen LogP contribution in [0.25, 0.3) is 0 Å². The van der Waals surface area contributed by atoms with Crippen LogP contribution in [0.2, 0.25) is 0 Å². The third-order valence-corrected chi connectivity index (χ3v) is 3.91. The summed E-state index contributed by atoms with van der Waals surface area (Å²) in [5.41, 5.74) is 1.31. The summed E-state index contributed by atoms with van der Waals surface area (Å²) in [6.45, 7) is 1.15. The van der Waals surface area contributed by atoms with Crippen LogP contribution < -0.4 is 10.1 Å². The van der Waals surface area contributed by atoms with Gasteiger partial charge in [0.05, 0.1) is 12.5 Å². The molecule has 0 amide bonds. The highest BCUT2D eigenvalue weighted by Gasteiger charge is 2.14. The van der Waals surface area contributed by atoms with E-state index in [0.717, 1.165) is 18.7 Å². The Bertz CT molecular complexity index is 310. The zero-order chi connectivity index (χ0) is 10.5. The zero-order valence-electron chi connectivity index (χ0n) is 9.03. The average Bonchev–Trinajstić information content (AvgIpc) is 2.79. The highest BCUT2D eigenvalue weighted by Crippen LogP contribution is 2.23. The Morgan fingerprint density at radius 3 is 3.07 bits per heavy atom. The largest absolute Gasteiger partial charge is 0.496 e. The van der Waals surface area contributed by atoms with Gasteiger partial charge >= 0.3 is 0 Å². The SMILES string of the molecule is COc1ccccc1CC[C@@H]1NCCS1. The van der Waals surface area contributed by atoms with E-state index in [-0.39, 0.29) is 0 Å². The smallest absolute Gasteiger partial charge is 0.122 e. The first-order valence-corrected chi connectivity index (χ1v) is 6.42. The molecule has 0 spiro atoms. The second-order valence-corrected chi connectivity index (χ2v) is 4.97. The molecule has 1 aliphatic rings. The molecule has 0 aliphatic carbocycles. The molecular weight excluding hydrogens is 206 g/mol. The highest BCUT2D eigenvalue weighted by molar-refractivity contribution is 8.00. The molecular formula is C12H17NOS. The molecule has 2 nitrogen and oxygen atoms in total. The lowest BCUT2D eigenvalue weighted by molar-refractivity contribution is 0.408. The first-order valence-electron chi connectivity index (χ1n) is 5.37. The van der Waals surface area contributed by atoms with Crippen molar-refractivity contribution in [1.82, 2.24) is 5.32 Å². The fraction of sp³-hybridized carbons (Fsp3) is 0.500. The van der Waals surface area contributed by atoms with Gasteiger partial charge in [-0.25, -0.2) is 0 Å². The van der Waals surface area contributed by atoms with E-state index >= 15 is 0 Å². The van der Waals surface area contributed by atoms with Gasteiger partial charge < -0.3 is 10.1 Å². The standard InChI is InChI=1S/C12H17NOS/c1-14-11-5-3-2-4-10(11)6-7-12-13-8-9-15-12/h2-5,12-13H,6-9H2,1H3/t12-/m1/s1. The molecule has 0 radical (unpaired) electrons. The summed E-state index contributed by atoms with van der Waals surface area (Å²) in [6, 6.07) is 8.28. The molecule has 1 N–H and O–H groups in total. The van der Waals surface area contributed by atoms with Crippen LogP contribution in [0, 0.1) is 0 Å². The molecule has 3 heteroatoms. The molecule has 2 rings (SSSR count). The van der Waals surface area contributed by atoms with Gasteiger partial charge in [-0.2, -0.15) is 0 Å². The Kier molecular flexibility index (Phi) is 3.92. The van der Waals surface area contributed by atoms with Crippen molar-refractivity contribution in [3.63, 3.8) is 0 Å². The van der Waals surface area contributed by atoms with Gasteiger partial charge in [-0.15, -0.1) is 11.8 Å². The number of hydrogen-bond donors (Lipinski definition) is 1. The fourth-order valence-corrected chi connectivity index (χ4v) is 2.90. The van der Waals surface area contributed by atoms with Crippen LogP contribution >= 0.6 is 11.8 Å². The van der Waals surface area contributed by atoms with Gasteiger partial charge in [0.1, 0.15) is 5.75 Å². The van der Waals surface area contributed by atoms with E-state index in [1.165, 1.54) is 17.7 Å². The topological polar surface area (TPSA) is 21.3 Å². The maximum Gasteiger partial charge on any atom is 0.122 e. The van der Waals surface area contributed by atoms with Crippen molar-refractivity contribution in [2.45, 2.75) is 18.2 Å². The number of methoxy groups -OCH3 is 1. The predicted molar refractivity (Wildman–Crippen MR) is 65.6 cm³/mol. The molecule has 1 heterocycles. The molecule has 1 atom stereocenters. The first kappa shape index (κ1) is 10.8. The maximum atomic E-state index is 5.33. The normalized spacial score (nSPS) is 20.5. The lowest BCUT2D eigenvalue weighted by Crippen LogP contribution is -2.20. The van der Waals surface area contributed by atoms with Crippen LogP contribution in [0.5, 0.6) is 5.75 Å². The number of nitrogens with one attached hydrogen (secondary N) is 1. The second-order valence-electron chi connectivity index (χ2n) is 3.66. The van der Waals surface area contributed by atoms with Gasteiger partial charge in [0.15, 0.2) is 0 Å². The van der Waals surface area contributed by atoms with Gasteiger partial charge in [-0.1, -0.05) is 18.2 Å². The Labute approximate surface area is 95.4 Å². The van der Waals surface area contributed by atoms with Crippen LogP contribution in [-0.4, -0.2) is 24.8 Å². The molecule has 0 saturated carbocycles. The Morgan fingerprint density at radius 2 is 2.33 bits per heavy atom. The summed E-state index contributed by atoms with van der Waals surface area (Å²) in [4.78, 5) is 0. The minimum absolute atomic E-state index is 0.634. The van der Waals surface area contributed by atoms with Gasteiger partial charge in [-0.05, 0) is 24.5 Å². The lowest BCUT2D eigenvalue weighted by atomic mass is 10.1. The molecule has 1 aromatic rings. The Balaban J connectivity index is 1.91.